The first-order valence-electron chi connectivity index (χ1n) is 9.15. The van der Waals surface area contributed by atoms with Gasteiger partial charge in [-0.2, -0.15) is 0 Å². The average Bonchev–Trinajstić information content (AvgIpc) is 3.28. The first kappa shape index (κ1) is 18.2. The Morgan fingerprint density at radius 3 is 2.86 bits per heavy atom. The van der Waals surface area contributed by atoms with Crippen molar-refractivity contribution in [3.8, 4) is 5.75 Å². The summed E-state index contributed by atoms with van der Waals surface area (Å²) in [6.45, 7) is 4.18. The van der Waals surface area contributed by atoms with Crippen molar-refractivity contribution >= 4 is 22.8 Å². The number of rotatable bonds is 7. The second-order valence-electron chi connectivity index (χ2n) is 7.16. The number of aromatic nitrogens is 2. The van der Waals surface area contributed by atoms with E-state index in [1.165, 1.54) is 12.4 Å². The van der Waals surface area contributed by atoms with Gasteiger partial charge in [-0.05, 0) is 38.8 Å². The molecule has 28 heavy (non-hydrogen) atoms. The van der Waals surface area contributed by atoms with Crippen LogP contribution in [0.25, 0.3) is 11.1 Å². The lowest BCUT2D eigenvalue weighted by molar-refractivity contribution is 0.0946. The standard InChI is InChI=1S/C20H21FN4O3/c1-12-15(18(26)22-9-10-27-14-6-4-3-5-13(14)21)16-17(25-20(2)7-8-20)23-11-24-19(16)28-12/h3-6,11H,7-10H2,1-2H3,(H,22,26)(H,23,24,25). The number of amides is 1. The van der Waals surface area contributed by atoms with Gasteiger partial charge in [0.05, 0.1) is 17.5 Å². The lowest BCUT2D eigenvalue weighted by atomic mass is 10.1. The van der Waals surface area contributed by atoms with Crippen LogP contribution >= 0.6 is 0 Å². The quantitative estimate of drug-likeness (QED) is 0.607. The first-order chi connectivity index (χ1) is 13.5. The molecule has 0 radical (unpaired) electrons. The summed E-state index contributed by atoms with van der Waals surface area (Å²) in [6, 6.07) is 6.14. The van der Waals surface area contributed by atoms with E-state index in [2.05, 4.69) is 27.5 Å². The minimum atomic E-state index is -0.438. The van der Waals surface area contributed by atoms with Crippen molar-refractivity contribution in [2.45, 2.75) is 32.2 Å². The maximum atomic E-state index is 13.6. The third-order valence-electron chi connectivity index (χ3n) is 4.79. The van der Waals surface area contributed by atoms with E-state index < -0.39 is 5.82 Å². The molecule has 1 aliphatic rings. The van der Waals surface area contributed by atoms with Crippen molar-refractivity contribution in [1.29, 1.82) is 0 Å². The van der Waals surface area contributed by atoms with Crippen LogP contribution in [0, 0.1) is 12.7 Å². The lowest BCUT2D eigenvalue weighted by Gasteiger charge is -2.13. The zero-order valence-electron chi connectivity index (χ0n) is 15.7. The summed E-state index contributed by atoms with van der Waals surface area (Å²) in [5, 5.41) is 6.74. The summed E-state index contributed by atoms with van der Waals surface area (Å²) in [5.41, 5.74) is 0.758. The molecule has 2 aromatic heterocycles. The average molecular weight is 384 g/mol. The van der Waals surface area contributed by atoms with Gasteiger partial charge in [0.1, 0.15) is 24.5 Å². The van der Waals surface area contributed by atoms with Crippen LogP contribution in [0.1, 0.15) is 35.9 Å². The number of hydrogen-bond acceptors (Lipinski definition) is 6. The second kappa shape index (κ2) is 7.10. The summed E-state index contributed by atoms with van der Waals surface area (Å²) < 4.78 is 24.6. The van der Waals surface area contributed by atoms with Crippen LogP contribution in [0.5, 0.6) is 5.75 Å². The molecule has 0 bridgehead atoms. The molecule has 0 aliphatic heterocycles. The first-order valence-corrected chi connectivity index (χ1v) is 9.15. The highest BCUT2D eigenvalue weighted by Crippen LogP contribution is 2.40. The van der Waals surface area contributed by atoms with E-state index in [0.29, 0.717) is 28.2 Å². The fourth-order valence-corrected chi connectivity index (χ4v) is 2.99. The SMILES string of the molecule is Cc1oc2ncnc(NC3(C)CC3)c2c1C(=O)NCCOc1ccccc1F. The monoisotopic (exact) mass is 384 g/mol. The molecule has 8 heteroatoms. The molecule has 1 amide bonds. The Morgan fingerprint density at radius 2 is 2.11 bits per heavy atom. The number of carbonyl (C=O) groups is 1. The number of halogens is 1. The number of hydrogen-bond donors (Lipinski definition) is 2. The molecule has 1 fully saturated rings. The number of fused-ring (bicyclic) bond motifs is 1. The number of anilines is 1. The highest BCUT2D eigenvalue weighted by atomic mass is 19.1. The van der Waals surface area contributed by atoms with E-state index in [0.717, 1.165) is 12.8 Å². The molecule has 3 aromatic rings. The van der Waals surface area contributed by atoms with E-state index in [9.17, 15) is 9.18 Å². The molecular formula is C20H21FN4O3. The Morgan fingerprint density at radius 1 is 1.32 bits per heavy atom. The molecule has 146 valence electrons. The van der Waals surface area contributed by atoms with Crippen molar-refractivity contribution in [3.63, 3.8) is 0 Å². The minimum Gasteiger partial charge on any atom is -0.489 e. The van der Waals surface area contributed by atoms with Crippen molar-refractivity contribution in [1.82, 2.24) is 15.3 Å². The summed E-state index contributed by atoms with van der Waals surface area (Å²) in [6.07, 6.45) is 3.51. The van der Waals surface area contributed by atoms with Gasteiger partial charge < -0.3 is 19.8 Å². The fourth-order valence-electron chi connectivity index (χ4n) is 2.99. The Bertz CT molecular complexity index is 1030. The lowest BCUT2D eigenvalue weighted by Crippen LogP contribution is -2.28. The van der Waals surface area contributed by atoms with E-state index in [1.807, 2.05) is 0 Å². The van der Waals surface area contributed by atoms with Crippen LogP contribution < -0.4 is 15.4 Å². The van der Waals surface area contributed by atoms with Gasteiger partial charge in [-0.15, -0.1) is 0 Å². The van der Waals surface area contributed by atoms with Crippen LogP contribution in [0.15, 0.2) is 35.0 Å². The zero-order valence-corrected chi connectivity index (χ0v) is 15.7. The third-order valence-corrected chi connectivity index (χ3v) is 4.79. The topological polar surface area (TPSA) is 89.3 Å². The molecule has 0 saturated heterocycles. The number of para-hydroxylation sites is 1. The smallest absolute Gasteiger partial charge is 0.255 e. The molecule has 1 aliphatic carbocycles. The Hall–Kier alpha value is -3.16. The van der Waals surface area contributed by atoms with Gasteiger partial charge in [0.2, 0.25) is 5.71 Å². The normalized spacial score (nSPS) is 14.7. The number of benzene rings is 1. The summed E-state index contributed by atoms with van der Waals surface area (Å²) in [7, 11) is 0. The van der Waals surface area contributed by atoms with Gasteiger partial charge in [0.25, 0.3) is 5.91 Å². The molecule has 0 atom stereocenters. The van der Waals surface area contributed by atoms with E-state index >= 15 is 0 Å². The number of furan rings is 1. The maximum absolute atomic E-state index is 13.6. The number of nitrogens with one attached hydrogen (secondary N) is 2. The van der Waals surface area contributed by atoms with Gasteiger partial charge in [0, 0.05) is 5.54 Å². The summed E-state index contributed by atoms with van der Waals surface area (Å²) in [4.78, 5) is 21.2. The highest BCUT2D eigenvalue weighted by Gasteiger charge is 2.38. The third kappa shape index (κ3) is 3.62. The molecule has 2 heterocycles. The Kier molecular flexibility index (Phi) is 4.62. The molecule has 0 unspecified atom stereocenters. The summed E-state index contributed by atoms with van der Waals surface area (Å²) in [5.74, 6) is 0.458. The van der Waals surface area contributed by atoms with Crippen LogP contribution in [0.4, 0.5) is 10.2 Å². The highest BCUT2D eigenvalue weighted by molar-refractivity contribution is 6.10. The van der Waals surface area contributed by atoms with Gasteiger partial charge in [-0.25, -0.2) is 14.4 Å². The fraction of sp³-hybridized carbons (Fsp3) is 0.350. The molecule has 7 nitrogen and oxygen atoms in total. The van der Waals surface area contributed by atoms with Crippen LogP contribution in [0.2, 0.25) is 0 Å². The minimum absolute atomic E-state index is 0.00615. The van der Waals surface area contributed by atoms with Gasteiger partial charge in [0.15, 0.2) is 11.6 Å². The van der Waals surface area contributed by atoms with Gasteiger partial charge >= 0.3 is 0 Å². The van der Waals surface area contributed by atoms with Gasteiger partial charge in [-0.3, -0.25) is 4.79 Å². The number of ether oxygens (including phenoxy) is 1. The molecule has 4 rings (SSSR count). The predicted molar refractivity (Wildman–Crippen MR) is 102 cm³/mol. The molecule has 2 N–H and O–H groups in total. The molecular weight excluding hydrogens is 363 g/mol. The molecule has 0 spiro atoms. The molecule has 1 aromatic carbocycles. The summed E-state index contributed by atoms with van der Waals surface area (Å²) >= 11 is 0. The van der Waals surface area contributed by atoms with E-state index in [4.69, 9.17) is 9.15 Å². The number of nitrogens with zero attached hydrogens (tertiary/aromatic N) is 2. The predicted octanol–water partition coefficient (Wildman–Crippen LogP) is 3.44. The van der Waals surface area contributed by atoms with Crippen molar-refractivity contribution in [2.75, 3.05) is 18.5 Å². The van der Waals surface area contributed by atoms with Crippen LogP contribution in [0.3, 0.4) is 0 Å². The second-order valence-corrected chi connectivity index (χ2v) is 7.16. The zero-order chi connectivity index (χ0) is 19.7. The van der Waals surface area contributed by atoms with Crippen molar-refractivity contribution in [2.24, 2.45) is 0 Å². The van der Waals surface area contributed by atoms with E-state index in [-0.39, 0.29) is 30.3 Å². The van der Waals surface area contributed by atoms with Gasteiger partial charge in [-0.1, -0.05) is 12.1 Å². The number of carbonyl (C=O) groups excluding carboxylic acids is 1. The maximum Gasteiger partial charge on any atom is 0.255 e. The van der Waals surface area contributed by atoms with Crippen molar-refractivity contribution in [3.05, 3.63) is 47.7 Å². The van der Waals surface area contributed by atoms with E-state index in [1.54, 1.807) is 25.1 Å². The number of aryl methyl sites for hydroxylation is 1. The van der Waals surface area contributed by atoms with Crippen molar-refractivity contribution < 1.29 is 18.3 Å². The molecule has 1 saturated carbocycles. The Balaban J connectivity index is 1.47. The Labute approximate surface area is 161 Å². The van der Waals surface area contributed by atoms with Crippen LogP contribution in [-0.4, -0.2) is 34.6 Å². The van der Waals surface area contributed by atoms with Crippen LogP contribution in [-0.2, 0) is 0 Å². The largest absolute Gasteiger partial charge is 0.489 e.